The smallest absolute Gasteiger partial charge is 0.164 e. The van der Waals surface area contributed by atoms with E-state index in [1.54, 1.807) is 11.0 Å². The summed E-state index contributed by atoms with van der Waals surface area (Å²) in [6.07, 6.45) is 1.70. The first-order chi connectivity index (χ1) is 8.78. The SMILES string of the molecule is CCOc1cccc(CNCc2ncn(C)n2)c1. The molecule has 0 unspecified atom stereocenters. The van der Waals surface area contributed by atoms with Crippen LogP contribution in [0.1, 0.15) is 18.3 Å². The Balaban J connectivity index is 1.84. The first kappa shape index (κ1) is 12.6. The van der Waals surface area contributed by atoms with Crippen molar-refractivity contribution in [2.24, 2.45) is 7.05 Å². The molecule has 1 N–H and O–H groups in total. The minimum absolute atomic E-state index is 0.666. The van der Waals surface area contributed by atoms with E-state index in [1.165, 1.54) is 5.56 Å². The number of aromatic nitrogens is 3. The zero-order chi connectivity index (χ0) is 12.8. The highest BCUT2D eigenvalue weighted by Crippen LogP contribution is 2.12. The summed E-state index contributed by atoms with van der Waals surface area (Å²) in [5.74, 6) is 1.71. The molecule has 0 spiro atoms. The molecule has 5 heteroatoms. The number of nitrogens with one attached hydrogen (secondary N) is 1. The molecule has 0 saturated heterocycles. The quantitative estimate of drug-likeness (QED) is 0.839. The Morgan fingerprint density at radius 1 is 1.33 bits per heavy atom. The fraction of sp³-hybridized carbons (Fsp3) is 0.385. The van der Waals surface area contributed by atoms with Crippen LogP contribution in [0.2, 0.25) is 0 Å². The van der Waals surface area contributed by atoms with E-state index in [0.717, 1.165) is 18.1 Å². The molecule has 1 heterocycles. The van der Waals surface area contributed by atoms with Crippen molar-refractivity contribution in [1.82, 2.24) is 20.1 Å². The lowest BCUT2D eigenvalue weighted by Gasteiger charge is -2.06. The van der Waals surface area contributed by atoms with Crippen molar-refractivity contribution in [2.75, 3.05) is 6.61 Å². The van der Waals surface area contributed by atoms with E-state index in [4.69, 9.17) is 4.74 Å². The molecule has 0 aliphatic carbocycles. The minimum Gasteiger partial charge on any atom is -0.494 e. The zero-order valence-corrected chi connectivity index (χ0v) is 10.8. The lowest BCUT2D eigenvalue weighted by Crippen LogP contribution is -2.14. The first-order valence-corrected chi connectivity index (χ1v) is 6.05. The normalized spacial score (nSPS) is 10.6. The van der Waals surface area contributed by atoms with Crippen molar-refractivity contribution in [3.05, 3.63) is 42.0 Å². The van der Waals surface area contributed by atoms with E-state index in [0.29, 0.717) is 13.2 Å². The number of benzene rings is 1. The molecule has 0 amide bonds. The van der Waals surface area contributed by atoms with Gasteiger partial charge in [-0.25, -0.2) is 4.98 Å². The van der Waals surface area contributed by atoms with Crippen molar-refractivity contribution in [2.45, 2.75) is 20.0 Å². The predicted octanol–water partition coefficient (Wildman–Crippen LogP) is 1.50. The van der Waals surface area contributed by atoms with Crippen LogP contribution < -0.4 is 10.1 Å². The monoisotopic (exact) mass is 246 g/mol. The highest BCUT2D eigenvalue weighted by Gasteiger charge is 1.99. The van der Waals surface area contributed by atoms with E-state index in [1.807, 2.05) is 32.2 Å². The summed E-state index contributed by atoms with van der Waals surface area (Å²) in [4.78, 5) is 4.16. The van der Waals surface area contributed by atoms with Crippen LogP contribution in [-0.4, -0.2) is 21.4 Å². The molecule has 0 bridgehead atoms. The number of rotatable bonds is 6. The second kappa shape index (κ2) is 6.16. The van der Waals surface area contributed by atoms with E-state index in [2.05, 4.69) is 21.5 Å². The molecular formula is C13H18N4O. The van der Waals surface area contributed by atoms with Gasteiger partial charge in [-0.3, -0.25) is 4.68 Å². The van der Waals surface area contributed by atoms with Gasteiger partial charge >= 0.3 is 0 Å². The Labute approximate surface area is 107 Å². The highest BCUT2D eigenvalue weighted by molar-refractivity contribution is 5.28. The van der Waals surface area contributed by atoms with Gasteiger partial charge in [0.2, 0.25) is 0 Å². The van der Waals surface area contributed by atoms with Gasteiger partial charge in [-0.1, -0.05) is 12.1 Å². The predicted molar refractivity (Wildman–Crippen MR) is 69.2 cm³/mol. The van der Waals surface area contributed by atoms with E-state index < -0.39 is 0 Å². The van der Waals surface area contributed by atoms with Crippen LogP contribution in [0.25, 0.3) is 0 Å². The average molecular weight is 246 g/mol. The molecule has 5 nitrogen and oxygen atoms in total. The molecule has 0 fully saturated rings. The van der Waals surface area contributed by atoms with Crippen LogP contribution in [-0.2, 0) is 20.1 Å². The topological polar surface area (TPSA) is 52.0 Å². The molecule has 2 rings (SSSR count). The van der Waals surface area contributed by atoms with Gasteiger partial charge in [-0.2, -0.15) is 5.10 Å². The van der Waals surface area contributed by atoms with Crippen LogP contribution in [0.5, 0.6) is 5.75 Å². The number of hydrogen-bond acceptors (Lipinski definition) is 4. The van der Waals surface area contributed by atoms with Crippen molar-refractivity contribution < 1.29 is 4.74 Å². The Morgan fingerprint density at radius 2 is 2.22 bits per heavy atom. The average Bonchev–Trinajstić information content (AvgIpc) is 2.76. The van der Waals surface area contributed by atoms with Gasteiger partial charge in [0.25, 0.3) is 0 Å². The minimum atomic E-state index is 0.666. The van der Waals surface area contributed by atoms with Gasteiger partial charge in [0.15, 0.2) is 5.82 Å². The van der Waals surface area contributed by atoms with Gasteiger partial charge in [0.1, 0.15) is 12.1 Å². The van der Waals surface area contributed by atoms with E-state index in [9.17, 15) is 0 Å². The van der Waals surface area contributed by atoms with Gasteiger partial charge < -0.3 is 10.1 Å². The number of ether oxygens (including phenoxy) is 1. The van der Waals surface area contributed by atoms with E-state index >= 15 is 0 Å². The number of hydrogen-bond donors (Lipinski definition) is 1. The van der Waals surface area contributed by atoms with Crippen molar-refractivity contribution in [1.29, 1.82) is 0 Å². The molecule has 0 atom stereocenters. The lowest BCUT2D eigenvalue weighted by molar-refractivity contribution is 0.340. The van der Waals surface area contributed by atoms with Gasteiger partial charge in [0, 0.05) is 13.6 Å². The van der Waals surface area contributed by atoms with Crippen LogP contribution in [0.3, 0.4) is 0 Å². The zero-order valence-electron chi connectivity index (χ0n) is 10.8. The van der Waals surface area contributed by atoms with Crippen molar-refractivity contribution in [3.63, 3.8) is 0 Å². The third-order valence-electron chi connectivity index (χ3n) is 2.47. The second-order valence-electron chi connectivity index (χ2n) is 4.02. The van der Waals surface area contributed by atoms with Crippen LogP contribution in [0.15, 0.2) is 30.6 Å². The summed E-state index contributed by atoms with van der Waals surface area (Å²) in [6.45, 7) is 4.12. The second-order valence-corrected chi connectivity index (χ2v) is 4.02. The Kier molecular flexibility index (Phi) is 4.30. The third-order valence-corrected chi connectivity index (χ3v) is 2.47. The molecule has 0 radical (unpaired) electrons. The molecule has 0 aliphatic heterocycles. The molecule has 1 aromatic carbocycles. The summed E-state index contributed by atoms with van der Waals surface area (Å²) in [5.41, 5.74) is 1.19. The first-order valence-electron chi connectivity index (χ1n) is 6.05. The summed E-state index contributed by atoms with van der Waals surface area (Å²) in [6, 6.07) is 8.08. The van der Waals surface area contributed by atoms with Crippen LogP contribution in [0, 0.1) is 0 Å². The standard InChI is InChI=1S/C13H18N4O/c1-3-18-12-6-4-5-11(7-12)8-14-9-13-15-10-17(2)16-13/h4-7,10,14H,3,8-9H2,1-2H3. The fourth-order valence-corrected chi connectivity index (χ4v) is 1.70. The van der Waals surface area contributed by atoms with Gasteiger partial charge in [0.05, 0.1) is 13.2 Å². The molecular weight excluding hydrogens is 228 g/mol. The van der Waals surface area contributed by atoms with Crippen LogP contribution in [0.4, 0.5) is 0 Å². The Morgan fingerprint density at radius 3 is 2.94 bits per heavy atom. The fourth-order valence-electron chi connectivity index (χ4n) is 1.70. The molecule has 18 heavy (non-hydrogen) atoms. The largest absolute Gasteiger partial charge is 0.494 e. The summed E-state index contributed by atoms with van der Waals surface area (Å²) < 4.78 is 7.16. The molecule has 0 saturated carbocycles. The third kappa shape index (κ3) is 3.56. The molecule has 0 aliphatic rings. The summed E-state index contributed by atoms with van der Waals surface area (Å²) >= 11 is 0. The summed E-state index contributed by atoms with van der Waals surface area (Å²) in [5, 5.41) is 7.51. The molecule has 96 valence electrons. The maximum Gasteiger partial charge on any atom is 0.164 e. The lowest BCUT2D eigenvalue weighted by atomic mass is 10.2. The maximum atomic E-state index is 5.46. The molecule has 2 aromatic rings. The van der Waals surface area contributed by atoms with Gasteiger partial charge in [-0.15, -0.1) is 0 Å². The van der Waals surface area contributed by atoms with Crippen LogP contribution >= 0.6 is 0 Å². The maximum absolute atomic E-state index is 5.46. The number of nitrogens with zero attached hydrogens (tertiary/aromatic N) is 3. The Hall–Kier alpha value is -1.88. The van der Waals surface area contributed by atoms with Crippen molar-refractivity contribution >= 4 is 0 Å². The number of aryl methyl sites for hydroxylation is 1. The molecule has 1 aromatic heterocycles. The highest BCUT2D eigenvalue weighted by atomic mass is 16.5. The summed E-state index contributed by atoms with van der Waals surface area (Å²) in [7, 11) is 1.86. The van der Waals surface area contributed by atoms with Crippen molar-refractivity contribution in [3.8, 4) is 5.75 Å². The van der Waals surface area contributed by atoms with E-state index in [-0.39, 0.29) is 0 Å². The van der Waals surface area contributed by atoms with Gasteiger partial charge in [-0.05, 0) is 24.6 Å². The Bertz CT molecular complexity index is 495.